The molecule has 1 aromatic heterocycles. The Bertz CT molecular complexity index is 452. The lowest BCUT2D eigenvalue weighted by Gasteiger charge is -2.26. The molecule has 2 heterocycles. The van der Waals surface area contributed by atoms with Gasteiger partial charge in [-0.1, -0.05) is 0 Å². The quantitative estimate of drug-likeness (QED) is 0.913. The van der Waals surface area contributed by atoms with Crippen molar-refractivity contribution in [2.45, 2.75) is 32.7 Å². The van der Waals surface area contributed by atoms with Crippen molar-refractivity contribution in [3.05, 3.63) is 15.9 Å². The number of hydrogen-bond donors (Lipinski definition) is 1. The molecule has 6 heteroatoms. The van der Waals surface area contributed by atoms with Crippen molar-refractivity contribution in [1.29, 1.82) is 0 Å². The van der Waals surface area contributed by atoms with E-state index in [1.165, 1.54) is 6.42 Å². The number of aromatic nitrogens is 2. The molecule has 5 nitrogen and oxygen atoms in total. The van der Waals surface area contributed by atoms with Crippen molar-refractivity contribution in [3.63, 3.8) is 0 Å². The molecule has 1 aromatic rings. The molecule has 0 spiro atoms. The Balaban J connectivity index is 1.81. The van der Waals surface area contributed by atoms with Gasteiger partial charge in [-0.15, -0.1) is 0 Å². The third-order valence-electron chi connectivity index (χ3n) is 3.54. The maximum absolute atomic E-state index is 12.0. The Morgan fingerprint density at radius 1 is 1.37 bits per heavy atom. The lowest BCUT2D eigenvalue weighted by molar-refractivity contribution is -0.131. The van der Waals surface area contributed by atoms with Crippen molar-refractivity contribution in [2.24, 2.45) is 7.05 Å². The van der Waals surface area contributed by atoms with Crippen molar-refractivity contribution >= 4 is 21.8 Å². The van der Waals surface area contributed by atoms with Gasteiger partial charge >= 0.3 is 0 Å². The van der Waals surface area contributed by atoms with Crippen LogP contribution in [0, 0.1) is 6.92 Å². The van der Waals surface area contributed by atoms with Crippen LogP contribution in [0.15, 0.2) is 4.47 Å². The predicted molar refractivity (Wildman–Crippen MR) is 77.8 cm³/mol. The van der Waals surface area contributed by atoms with Gasteiger partial charge in [0, 0.05) is 26.7 Å². The van der Waals surface area contributed by atoms with Gasteiger partial charge in [0.1, 0.15) is 0 Å². The van der Waals surface area contributed by atoms with Crippen LogP contribution in [0.3, 0.4) is 0 Å². The van der Waals surface area contributed by atoms with Gasteiger partial charge in [-0.2, -0.15) is 5.10 Å². The molecule has 1 fully saturated rings. The fourth-order valence-electron chi connectivity index (χ4n) is 2.42. The van der Waals surface area contributed by atoms with Gasteiger partial charge < -0.3 is 10.2 Å². The predicted octanol–water partition coefficient (Wildman–Crippen LogP) is 1.59. The molecule has 1 aliphatic rings. The van der Waals surface area contributed by atoms with E-state index in [-0.39, 0.29) is 5.91 Å². The molecule has 2 rings (SSSR count). The molecule has 1 N–H and O–H groups in total. The van der Waals surface area contributed by atoms with Crippen molar-refractivity contribution in [2.75, 3.05) is 19.6 Å². The molecule has 0 radical (unpaired) electrons. The van der Waals surface area contributed by atoms with Gasteiger partial charge in [0.2, 0.25) is 5.91 Å². The molecule has 0 unspecified atom stereocenters. The zero-order valence-corrected chi connectivity index (χ0v) is 13.2. The van der Waals surface area contributed by atoms with Crippen LogP contribution in [0.4, 0.5) is 0 Å². The fraction of sp³-hybridized carbons (Fsp3) is 0.692. The van der Waals surface area contributed by atoms with E-state index in [4.69, 9.17) is 0 Å². The van der Waals surface area contributed by atoms with Crippen LogP contribution in [-0.4, -0.2) is 40.2 Å². The zero-order valence-electron chi connectivity index (χ0n) is 11.6. The fourth-order valence-corrected chi connectivity index (χ4v) is 2.89. The Kier molecular flexibility index (Phi) is 4.99. The summed E-state index contributed by atoms with van der Waals surface area (Å²) in [5, 5.41) is 7.54. The molecule has 106 valence electrons. The van der Waals surface area contributed by atoms with Crippen molar-refractivity contribution in [3.8, 4) is 0 Å². The van der Waals surface area contributed by atoms with Crippen LogP contribution in [0.25, 0.3) is 0 Å². The minimum Gasteiger partial charge on any atom is -0.342 e. The number of rotatable bonds is 4. The number of aryl methyl sites for hydroxylation is 2. The highest BCUT2D eigenvalue weighted by Gasteiger charge is 2.16. The van der Waals surface area contributed by atoms with Gasteiger partial charge in [0.25, 0.3) is 0 Å². The molecule has 1 aliphatic heterocycles. The maximum Gasteiger partial charge on any atom is 0.236 e. The first kappa shape index (κ1) is 14.5. The second-order valence-electron chi connectivity index (χ2n) is 5.01. The summed E-state index contributed by atoms with van der Waals surface area (Å²) in [4.78, 5) is 14.0. The van der Waals surface area contributed by atoms with E-state index in [1.807, 2.05) is 23.6 Å². The van der Waals surface area contributed by atoms with Crippen LogP contribution in [0.1, 0.15) is 30.7 Å². The molecule has 0 bridgehead atoms. The van der Waals surface area contributed by atoms with E-state index >= 15 is 0 Å². The normalized spacial score (nSPS) is 15.8. The van der Waals surface area contributed by atoms with Gasteiger partial charge in [-0.05, 0) is 42.1 Å². The number of hydrogen-bond acceptors (Lipinski definition) is 3. The number of carbonyl (C=O) groups is 1. The summed E-state index contributed by atoms with van der Waals surface area (Å²) in [6, 6.07) is 0. The second-order valence-corrected chi connectivity index (χ2v) is 5.81. The average Bonchev–Trinajstić information content (AvgIpc) is 2.66. The van der Waals surface area contributed by atoms with E-state index < -0.39 is 0 Å². The SMILES string of the molecule is Cc1nn(C)c(CNCC(=O)N2CCCCC2)c1Br. The largest absolute Gasteiger partial charge is 0.342 e. The van der Waals surface area contributed by atoms with E-state index in [0.29, 0.717) is 13.1 Å². The zero-order chi connectivity index (χ0) is 13.8. The molecule has 1 saturated heterocycles. The molecule has 19 heavy (non-hydrogen) atoms. The van der Waals surface area contributed by atoms with Crippen LogP contribution in [0.2, 0.25) is 0 Å². The highest BCUT2D eigenvalue weighted by atomic mass is 79.9. The first-order chi connectivity index (χ1) is 9.09. The van der Waals surface area contributed by atoms with Crippen LogP contribution < -0.4 is 5.32 Å². The lowest BCUT2D eigenvalue weighted by atomic mass is 10.1. The second kappa shape index (κ2) is 6.52. The van der Waals surface area contributed by atoms with Gasteiger partial charge in [0.15, 0.2) is 0 Å². The molecule has 0 aromatic carbocycles. The van der Waals surface area contributed by atoms with Gasteiger partial charge in [0.05, 0.1) is 22.4 Å². The highest BCUT2D eigenvalue weighted by molar-refractivity contribution is 9.10. The molecule has 1 amide bonds. The molecule has 0 aliphatic carbocycles. The van der Waals surface area contributed by atoms with Gasteiger partial charge in [-0.3, -0.25) is 9.48 Å². The number of halogens is 1. The Labute approximate surface area is 122 Å². The lowest BCUT2D eigenvalue weighted by Crippen LogP contribution is -2.41. The standard InChI is InChI=1S/C13H21BrN4O/c1-10-13(14)11(17(2)16-10)8-15-9-12(19)18-6-4-3-5-7-18/h15H,3-9H2,1-2H3. The molecule has 0 atom stereocenters. The monoisotopic (exact) mass is 328 g/mol. The summed E-state index contributed by atoms with van der Waals surface area (Å²) in [7, 11) is 1.92. The van der Waals surface area contributed by atoms with E-state index in [9.17, 15) is 4.79 Å². The first-order valence-electron chi connectivity index (χ1n) is 6.76. The average molecular weight is 329 g/mol. The topological polar surface area (TPSA) is 50.2 Å². The number of carbonyl (C=O) groups excluding carboxylic acids is 1. The van der Waals surface area contributed by atoms with Crippen molar-refractivity contribution < 1.29 is 4.79 Å². The summed E-state index contributed by atoms with van der Waals surface area (Å²) in [5.41, 5.74) is 2.05. The van der Waals surface area contributed by atoms with Crippen molar-refractivity contribution in [1.82, 2.24) is 20.0 Å². The summed E-state index contributed by atoms with van der Waals surface area (Å²) in [6.45, 7) is 4.84. The third-order valence-corrected chi connectivity index (χ3v) is 4.57. The minimum absolute atomic E-state index is 0.203. The number of likely N-dealkylation sites (tertiary alicyclic amines) is 1. The van der Waals surface area contributed by atoms with Crippen LogP contribution >= 0.6 is 15.9 Å². The Hall–Kier alpha value is -0.880. The highest BCUT2D eigenvalue weighted by Crippen LogP contribution is 2.19. The Morgan fingerprint density at radius 2 is 2.05 bits per heavy atom. The summed E-state index contributed by atoms with van der Waals surface area (Å²) in [5.74, 6) is 0.203. The number of nitrogens with zero attached hydrogens (tertiary/aromatic N) is 3. The van der Waals surface area contributed by atoms with Gasteiger partial charge in [-0.25, -0.2) is 0 Å². The summed E-state index contributed by atoms with van der Waals surface area (Å²) in [6.07, 6.45) is 3.52. The smallest absolute Gasteiger partial charge is 0.236 e. The van der Waals surface area contributed by atoms with Crippen LogP contribution in [0.5, 0.6) is 0 Å². The molecular weight excluding hydrogens is 308 g/mol. The number of nitrogens with one attached hydrogen (secondary N) is 1. The van der Waals surface area contributed by atoms with Crippen LogP contribution in [-0.2, 0) is 18.4 Å². The summed E-state index contributed by atoms with van der Waals surface area (Å²) < 4.78 is 2.87. The third kappa shape index (κ3) is 3.57. The van der Waals surface area contributed by atoms with E-state index in [0.717, 1.165) is 41.8 Å². The molecule has 0 saturated carbocycles. The summed E-state index contributed by atoms with van der Waals surface area (Å²) >= 11 is 3.53. The first-order valence-corrected chi connectivity index (χ1v) is 7.55. The Morgan fingerprint density at radius 3 is 2.63 bits per heavy atom. The maximum atomic E-state index is 12.0. The number of piperidine rings is 1. The minimum atomic E-state index is 0.203. The van der Waals surface area contributed by atoms with E-state index in [2.05, 4.69) is 26.3 Å². The molecular formula is C13H21BrN4O. The number of amides is 1. The van der Waals surface area contributed by atoms with E-state index in [1.54, 1.807) is 0 Å².